The van der Waals surface area contributed by atoms with E-state index in [1.807, 2.05) is 36.4 Å². The lowest BCUT2D eigenvalue weighted by atomic mass is 10.1. The Morgan fingerprint density at radius 3 is 2.88 bits per heavy atom. The van der Waals surface area contributed by atoms with Crippen LogP contribution in [-0.4, -0.2) is 16.1 Å². The van der Waals surface area contributed by atoms with Crippen molar-refractivity contribution in [2.75, 3.05) is 0 Å². The Bertz CT molecular complexity index is 655. The second kappa shape index (κ2) is 3.09. The molecular formula is C12H9N3O2. The number of carbonyl (C=O) groups is 1. The molecule has 1 amide bonds. The van der Waals surface area contributed by atoms with Crippen molar-refractivity contribution in [3.8, 4) is 6.07 Å². The monoisotopic (exact) mass is 227 g/mol. The molecule has 0 aliphatic carbocycles. The quantitative estimate of drug-likeness (QED) is 0.774. The Morgan fingerprint density at radius 1 is 1.47 bits per heavy atom. The molecule has 1 aromatic carbocycles. The van der Waals surface area contributed by atoms with Gasteiger partial charge >= 0.3 is 0 Å². The van der Waals surface area contributed by atoms with Crippen LogP contribution in [0.15, 0.2) is 36.5 Å². The summed E-state index contributed by atoms with van der Waals surface area (Å²) in [6.07, 6.45) is 1.17. The van der Waals surface area contributed by atoms with Crippen LogP contribution in [0.2, 0.25) is 0 Å². The second-order valence-corrected chi connectivity index (χ2v) is 3.96. The molecule has 0 spiro atoms. The van der Waals surface area contributed by atoms with E-state index >= 15 is 0 Å². The normalized spacial score (nSPS) is 26.6. The number of nitrogens with two attached hydrogens (primary N) is 1. The Labute approximate surface area is 97.0 Å². The molecule has 2 atom stereocenters. The molecule has 17 heavy (non-hydrogen) atoms. The number of nitriles is 1. The standard InChI is InChI=1S/C12H9N3O2/c13-7-12(10(14)16)11(17-12)15-6-5-8-3-1-2-4-9(8)15/h1-6,11H,(H2,14,16). The summed E-state index contributed by atoms with van der Waals surface area (Å²) in [7, 11) is 0. The van der Waals surface area contributed by atoms with Crippen molar-refractivity contribution in [2.24, 2.45) is 5.73 Å². The van der Waals surface area contributed by atoms with Crippen LogP contribution in [0.4, 0.5) is 0 Å². The number of ether oxygens (including phenoxy) is 1. The van der Waals surface area contributed by atoms with Gasteiger partial charge in [-0.3, -0.25) is 4.79 Å². The highest BCUT2D eigenvalue weighted by atomic mass is 16.6. The molecule has 0 radical (unpaired) electrons. The van der Waals surface area contributed by atoms with Crippen LogP contribution in [0.5, 0.6) is 0 Å². The van der Waals surface area contributed by atoms with Gasteiger partial charge in [0.25, 0.3) is 11.5 Å². The summed E-state index contributed by atoms with van der Waals surface area (Å²) in [5.41, 5.74) is 4.58. The molecule has 84 valence electrons. The summed E-state index contributed by atoms with van der Waals surface area (Å²) in [6, 6.07) is 11.4. The summed E-state index contributed by atoms with van der Waals surface area (Å²) in [5, 5.41) is 10.0. The number of epoxide rings is 1. The number of hydrogen-bond donors (Lipinski definition) is 1. The molecule has 1 aliphatic rings. The molecule has 1 fully saturated rings. The van der Waals surface area contributed by atoms with E-state index in [1.165, 1.54) is 0 Å². The lowest BCUT2D eigenvalue weighted by Crippen LogP contribution is -2.32. The van der Waals surface area contributed by atoms with Gasteiger partial charge in [0.05, 0.1) is 5.52 Å². The highest BCUT2D eigenvalue weighted by molar-refractivity contribution is 5.90. The van der Waals surface area contributed by atoms with Gasteiger partial charge < -0.3 is 15.0 Å². The Kier molecular flexibility index (Phi) is 1.79. The minimum Gasteiger partial charge on any atom is -0.366 e. The van der Waals surface area contributed by atoms with Crippen LogP contribution >= 0.6 is 0 Å². The van der Waals surface area contributed by atoms with Gasteiger partial charge in [-0.05, 0) is 17.5 Å². The molecule has 2 aromatic rings. The smallest absolute Gasteiger partial charge is 0.280 e. The van der Waals surface area contributed by atoms with E-state index in [-0.39, 0.29) is 0 Å². The fourth-order valence-corrected chi connectivity index (χ4v) is 2.02. The average molecular weight is 227 g/mol. The maximum absolute atomic E-state index is 11.2. The number of primary amides is 1. The van der Waals surface area contributed by atoms with E-state index in [4.69, 9.17) is 15.7 Å². The lowest BCUT2D eigenvalue weighted by Gasteiger charge is -2.01. The molecule has 1 aliphatic heterocycles. The van der Waals surface area contributed by atoms with Crippen molar-refractivity contribution in [3.63, 3.8) is 0 Å². The van der Waals surface area contributed by atoms with Crippen molar-refractivity contribution in [2.45, 2.75) is 11.8 Å². The predicted octanol–water partition coefficient (Wildman–Crippen LogP) is 0.918. The first-order chi connectivity index (χ1) is 8.19. The fourth-order valence-electron chi connectivity index (χ4n) is 2.02. The van der Waals surface area contributed by atoms with E-state index in [1.54, 1.807) is 10.8 Å². The van der Waals surface area contributed by atoms with Gasteiger partial charge in [-0.2, -0.15) is 5.26 Å². The van der Waals surface area contributed by atoms with Crippen LogP contribution in [0.25, 0.3) is 10.9 Å². The van der Waals surface area contributed by atoms with Gasteiger partial charge in [-0.15, -0.1) is 0 Å². The molecule has 3 rings (SSSR count). The molecule has 5 nitrogen and oxygen atoms in total. The summed E-state index contributed by atoms with van der Waals surface area (Å²) in [4.78, 5) is 11.2. The van der Waals surface area contributed by atoms with Crippen molar-refractivity contribution in [1.29, 1.82) is 5.26 Å². The van der Waals surface area contributed by atoms with Crippen molar-refractivity contribution >= 4 is 16.8 Å². The van der Waals surface area contributed by atoms with Crippen molar-refractivity contribution in [1.82, 2.24) is 4.57 Å². The van der Waals surface area contributed by atoms with Crippen molar-refractivity contribution in [3.05, 3.63) is 36.5 Å². The van der Waals surface area contributed by atoms with E-state index in [0.29, 0.717) is 0 Å². The zero-order valence-corrected chi connectivity index (χ0v) is 8.83. The zero-order valence-electron chi connectivity index (χ0n) is 8.83. The maximum Gasteiger partial charge on any atom is 0.280 e. The van der Waals surface area contributed by atoms with Gasteiger partial charge in [0.15, 0.2) is 6.23 Å². The van der Waals surface area contributed by atoms with Crippen LogP contribution in [0, 0.1) is 11.3 Å². The molecule has 2 N–H and O–H groups in total. The number of nitrogens with zero attached hydrogens (tertiary/aromatic N) is 2. The van der Waals surface area contributed by atoms with Gasteiger partial charge in [-0.25, -0.2) is 0 Å². The van der Waals surface area contributed by atoms with Gasteiger partial charge in [0, 0.05) is 6.20 Å². The number of rotatable bonds is 2. The maximum atomic E-state index is 11.2. The highest BCUT2D eigenvalue weighted by Crippen LogP contribution is 2.46. The Morgan fingerprint density at radius 2 is 2.24 bits per heavy atom. The summed E-state index contributed by atoms with van der Waals surface area (Å²) in [5.74, 6) is -0.747. The average Bonchev–Trinajstić information content (AvgIpc) is 2.94. The minimum atomic E-state index is -1.51. The van der Waals surface area contributed by atoms with E-state index < -0.39 is 17.7 Å². The topological polar surface area (TPSA) is 84.3 Å². The summed E-state index contributed by atoms with van der Waals surface area (Å²) in [6.45, 7) is 0. The van der Waals surface area contributed by atoms with Gasteiger partial charge in [0.1, 0.15) is 6.07 Å². The molecule has 0 saturated carbocycles. The second-order valence-electron chi connectivity index (χ2n) is 3.96. The first-order valence-corrected chi connectivity index (χ1v) is 5.13. The summed E-state index contributed by atoms with van der Waals surface area (Å²) >= 11 is 0. The van der Waals surface area contributed by atoms with Gasteiger partial charge in [0.2, 0.25) is 0 Å². The first kappa shape index (κ1) is 9.87. The number of para-hydroxylation sites is 1. The predicted molar refractivity (Wildman–Crippen MR) is 59.6 cm³/mol. The minimum absolute atomic E-state index is 0.620. The van der Waals surface area contributed by atoms with Gasteiger partial charge in [-0.1, -0.05) is 18.2 Å². The van der Waals surface area contributed by atoms with E-state index in [0.717, 1.165) is 10.9 Å². The number of hydrogen-bond acceptors (Lipinski definition) is 3. The number of benzene rings is 1. The number of amides is 1. The Hall–Kier alpha value is -2.32. The Balaban J connectivity index is 2.09. The molecular weight excluding hydrogens is 218 g/mol. The number of fused-ring (bicyclic) bond motifs is 1. The van der Waals surface area contributed by atoms with Crippen LogP contribution in [0.1, 0.15) is 6.23 Å². The van der Waals surface area contributed by atoms with E-state index in [9.17, 15) is 4.79 Å². The van der Waals surface area contributed by atoms with E-state index in [2.05, 4.69) is 0 Å². The zero-order chi connectivity index (χ0) is 12.0. The molecule has 1 aromatic heterocycles. The largest absolute Gasteiger partial charge is 0.366 e. The van der Waals surface area contributed by atoms with Crippen LogP contribution in [0.3, 0.4) is 0 Å². The molecule has 0 bridgehead atoms. The lowest BCUT2D eigenvalue weighted by molar-refractivity contribution is -0.121. The third-order valence-electron chi connectivity index (χ3n) is 3.00. The molecule has 1 saturated heterocycles. The third-order valence-corrected chi connectivity index (χ3v) is 3.00. The fraction of sp³-hybridized carbons (Fsp3) is 0.167. The molecule has 5 heteroatoms. The van der Waals surface area contributed by atoms with Crippen molar-refractivity contribution < 1.29 is 9.53 Å². The number of carbonyl (C=O) groups excluding carboxylic acids is 1. The molecule has 2 heterocycles. The summed E-state index contributed by atoms with van der Waals surface area (Å²) < 4.78 is 6.95. The number of aromatic nitrogens is 1. The van der Waals surface area contributed by atoms with Crippen LogP contribution in [-0.2, 0) is 9.53 Å². The SMILES string of the molecule is N#CC1(C(N)=O)OC1n1ccc2ccccc21. The molecule has 2 unspecified atom stereocenters. The van der Waals surface area contributed by atoms with Crippen LogP contribution < -0.4 is 5.73 Å². The highest BCUT2D eigenvalue weighted by Gasteiger charge is 2.64. The third kappa shape index (κ3) is 1.19. The first-order valence-electron chi connectivity index (χ1n) is 5.13.